The van der Waals surface area contributed by atoms with Crippen LogP contribution in [-0.2, 0) is 20.9 Å². The second kappa shape index (κ2) is 8.65. The van der Waals surface area contributed by atoms with E-state index >= 15 is 0 Å². The number of carboxylic acid groups (broad SMARTS) is 1. The molecule has 1 aliphatic heterocycles. The van der Waals surface area contributed by atoms with Crippen LogP contribution in [0.3, 0.4) is 0 Å². The van der Waals surface area contributed by atoms with Gasteiger partial charge in [0.15, 0.2) is 0 Å². The van der Waals surface area contributed by atoms with Crippen LogP contribution in [0.1, 0.15) is 12.5 Å². The quantitative estimate of drug-likeness (QED) is 0.792. The van der Waals surface area contributed by atoms with Crippen molar-refractivity contribution in [2.24, 2.45) is 0 Å². The lowest BCUT2D eigenvalue weighted by Gasteiger charge is -2.43. The summed E-state index contributed by atoms with van der Waals surface area (Å²) in [6.07, 6.45) is -0.949. The smallest absolute Gasteiger partial charge is 0.407 e. The lowest BCUT2D eigenvalue weighted by atomic mass is 10.1. The number of amides is 1. The summed E-state index contributed by atoms with van der Waals surface area (Å²) < 4.78 is 10.5. The SMILES string of the molecule is COC[C@H]1CN(C(=O)O)[C@H](C)CN1CC(=O)OCc1ccccc1. The van der Waals surface area contributed by atoms with Gasteiger partial charge in [0, 0.05) is 26.2 Å². The van der Waals surface area contributed by atoms with Gasteiger partial charge in [0.1, 0.15) is 6.61 Å². The van der Waals surface area contributed by atoms with E-state index in [0.717, 1.165) is 5.56 Å². The summed E-state index contributed by atoms with van der Waals surface area (Å²) in [5.41, 5.74) is 0.934. The Labute approximate surface area is 141 Å². The second-order valence-corrected chi connectivity index (χ2v) is 5.97. The van der Waals surface area contributed by atoms with Crippen LogP contribution in [0.2, 0.25) is 0 Å². The van der Waals surface area contributed by atoms with Gasteiger partial charge in [0.05, 0.1) is 19.2 Å². The first-order valence-electron chi connectivity index (χ1n) is 7.93. The number of benzene rings is 1. The van der Waals surface area contributed by atoms with Crippen LogP contribution in [0, 0.1) is 0 Å². The number of hydrogen-bond acceptors (Lipinski definition) is 5. The van der Waals surface area contributed by atoms with E-state index in [0.29, 0.717) is 19.7 Å². The topological polar surface area (TPSA) is 79.3 Å². The minimum absolute atomic E-state index is 0.124. The van der Waals surface area contributed by atoms with Crippen molar-refractivity contribution in [2.45, 2.75) is 25.6 Å². The molecule has 1 saturated heterocycles. The summed E-state index contributed by atoms with van der Waals surface area (Å²) in [7, 11) is 1.56. The first kappa shape index (κ1) is 18.2. The van der Waals surface area contributed by atoms with Crippen molar-refractivity contribution < 1.29 is 24.2 Å². The highest BCUT2D eigenvalue weighted by atomic mass is 16.5. The van der Waals surface area contributed by atoms with E-state index in [9.17, 15) is 14.7 Å². The fourth-order valence-electron chi connectivity index (χ4n) is 2.87. The van der Waals surface area contributed by atoms with E-state index < -0.39 is 6.09 Å². The fourth-order valence-corrected chi connectivity index (χ4v) is 2.87. The Morgan fingerprint density at radius 2 is 1.96 bits per heavy atom. The second-order valence-electron chi connectivity index (χ2n) is 5.97. The molecule has 2 atom stereocenters. The van der Waals surface area contributed by atoms with Crippen LogP contribution in [0.25, 0.3) is 0 Å². The number of rotatable bonds is 6. The third-order valence-electron chi connectivity index (χ3n) is 4.13. The maximum Gasteiger partial charge on any atom is 0.407 e. The van der Waals surface area contributed by atoms with Crippen molar-refractivity contribution in [3.63, 3.8) is 0 Å². The fraction of sp³-hybridized carbons (Fsp3) is 0.529. The van der Waals surface area contributed by atoms with Crippen molar-refractivity contribution >= 4 is 12.1 Å². The average Bonchev–Trinajstić information content (AvgIpc) is 2.56. The Bertz CT molecular complexity index is 551. The minimum atomic E-state index is -0.949. The number of methoxy groups -OCH3 is 1. The van der Waals surface area contributed by atoms with E-state index in [4.69, 9.17) is 9.47 Å². The molecule has 0 saturated carbocycles. The van der Waals surface area contributed by atoms with E-state index in [-0.39, 0.29) is 31.2 Å². The number of nitrogens with zero attached hydrogens (tertiary/aromatic N) is 2. The summed E-state index contributed by atoms with van der Waals surface area (Å²) in [5.74, 6) is -0.323. The number of esters is 1. The summed E-state index contributed by atoms with van der Waals surface area (Å²) in [6.45, 7) is 3.34. The molecule has 1 aliphatic rings. The van der Waals surface area contributed by atoms with Crippen LogP contribution >= 0.6 is 0 Å². The minimum Gasteiger partial charge on any atom is -0.465 e. The largest absolute Gasteiger partial charge is 0.465 e. The normalized spacial score (nSPS) is 21.5. The Kier molecular flexibility index (Phi) is 6.57. The predicted molar refractivity (Wildman–Crippen MR) is 87.7 cm³/mol. The summed E-state index contributed by atoms with van der Waals surface area (Å²) >= 11 is 0. The zero-order chi connectivity index (χ0) is 17.5. The predicted octanol–water partition coefficient (Wildman–Crippen LogP) is 1.43. The average molecular weight is 336 g/mol. The highest BCUT2D eigenvalue weighted by Gasteiger charge is 2.35. The molecule has 1 amide bonds. The van der Waals surface area contributed by atoms with Crippen molar-refractivity contribution in [1.29, 1.82) is 0 Å². The Morgan fingerprint density at radius 3 is 2.58 bits per heavy atom. The molecular formula is C17H24N2O5. The monoisotopic (exact) mass is 336 g/mol. The molecule has 1 N–H and O–H groups in total. The molecule has 1 aromatic carbocycles. The van der Waals surface area contributed by atoms with Crippen molar-refractivity contribution in [3.8, 4) is 0 Å². The molecule has 0 aromatic heterocycles. The lowest BCUT2D eigenvalue weighted by molar-refractivity contribution is -0.148. The number of ether oxygens (including phenoxy) is 2. The highest BCUT2D eigenvalue weighted by Crippen LogP contribution is 2.16. The molecule has 2 rings (SSSR count). The van der Waals surface area contributed by atoms with Gasteiger partial charge in [-0.3, -0.25) is 9.69 Å². The molecule has 0 bridgehead atoms. The number of carbonyl (C=O) groups is 2. The van der Waals surface area contributed by atoms with E-state index in [1.54, 1.807) is 7.11 Å². The number of hydrogen-bond donors (Lipinski definition) is 1. The molecule has 24 heavy (non-hydrogen) atoms. The zero-order valence-electron chi connectivity index (χ0n) is 14.1. The van der Waals surface area contributed by atoms with Gasteiger partial charge >= 0.3 is 12.1 Å². The van der Waals surface area contributed by atoms with Gasteiger partial charge in [-0.15, -0.1) is 0 Å². The van der Waals surface area contributed by atoms with Crippen LogP contribution in [-0.4, -0.2) is 72.4 Å². The van der Waals surface area contributed by atoms with E-state index in [1.807, 2.05) is 42.2 Å². The van der Waals surface area contributed by atoms with E-state index in [1.165, 1.54) is 4.90 Å². The molecule has 7 nitrogen and oxygen atoms in total. The van der Waals surface area contributed by atoms with Gasteiger partial charge in [-0.1, -0.05) is 30.3 Å². The molecule has 0 radical (unpaired) electrons. The molecule has 0 spiro atoms. The molecule has 7 heteroatoms. The number of carbonyl (C=O) groups excluding carboxylic acids is 1. The van der Waals surface area contributed by atoms with Gasteiger partial charge in [0.25, 0.3) is 0 Å². The van der Waals surface area contributed by atoms with Crippen molar-refractivity contribution in [1.82, 2.24) is 9.80 Å². The van der Waals surface area contributed by atoms with Crippen LogP contribution < -0.4 is 0 Å². The molecule has 0 unspecified atom stereocenters. The molecule has 132 valence electrons. The Morgan fingerprint density at radius 1 is 1.25 bits per heavy atom. The maximum absolute atomic E-state index is 12.1. The van der Waals surface area contributed by atoms with E-state index in [2.05, 4.69) is 0 Å². The first-order valence-corrected chi connectivity index (χ1v) is 7.93. The Balaban J connectivity index is 1.91. The van der Waals surface area contributed by atoms with Crippen LogP contribution in [0.5, 0.6) is 0 Å². The summed E-state index contributed by atoms with van der Waals surface area (Å²) in [4.78, 5) is 26.7. The van der Waals surface area contributed by atoms with Gasteiger partial charge in [-0.05, 0) is 12.5 Å². The van der Waals surface area contributed by atoms with Crippen molar-refractivity contribution in [3.05, 3.63) is 35.9 Å². The van der Waals surface area contributed by atoms with Crippen LogP contribution in [0.15, 0.2) is 30.3 Å². The van der Waals surface area contributed by atoms with Crippen molar-refractivity contribution in [2.75, 3.05) is 33.4 Å². The van der Waals surface area contributed by atoms with Crippen LogP contribution in [0.4, 0.5) is 4.79 Å². The molecule has 0 aliphatic carbocycles. The molecule has 1 aromatic rings. The summed E-state index contributed by atoms with van der Waals surface area (Å²) in [6, 6.07) is 9.15. The molecule has 1 fully saturated rings. The standard InChI is InChI=1S/C17H24N2O5/c1-13-8-18(15(12-23-2)9-19(13)17(21)22)10-16(20)24-11-14-6-4-3-5-7-14/h3-7,13,15H,8-12H2,1-2H3,(H,21,22)/t13-,15-/m1/s1. The third-order valence-corrected chi connectivity index (χ3v) is 4.13. The van der Waals surface area contributed by atoms with Gasteiger partial charge in [-0.25, -0.2) is 4.79 Å². The molecular weight excluding hydrogens is 312 g/mol. The first-order chi connectivity index (χ1) is 11.5. The zero-order valence-corrected chi connectivity index (χ0v) is 14.1. The maximum atomic E-state index is 12.1. The lowest BCUT2D eigenvalue weighted by Crippen LogP contribution is -2.60. The van der Waals surface area contributed by atoms with Gasteiger partial charge < -0.3 is 19.5 Å². The summed E-state index contributed by atoms with van der Waals surface area (Å²) in [5, 5.41) is 9.25. The van der Waals surface area contributed by atoms with Gasteiger partial charge in [-0.2, -0.15) is 0 Å². The Hall–Kier alpha value is -2.12. The van der Waals surface area contributed by atoms with Gasteiger partial charge in [0.2, 0.25) is 0 Å². The number of piperazine rings is 1. The highest BCUT2D eigenvalue weighted by molar-refractivity contribution is 5.72. The third kappa shape index (κ3) is 4.94. The molecule has 1 heterocycles.